The maximum Gasteiger partial charge on any atom is 0.498 e. The lowest BCUT2D eigenvalue weighted by Crippen LogP contribution is -2.51. The Morgan fingerprint density at radius 3 is 2.35 bits per heavy atom. The van der Waals surface area contributed by atoms with Crippen molar-refractivity contribution >= 4 is 36.3 Å². The predicted molar refractivity (Wildman–Crippen MR) is 132 cm³/mol. The smallest absolute Gasteiger partial charge is 0.444 e. The van der Waals surface area contributed by atoms with Crippen LogP contribution in [-0.2, 0) is 18.8 Å². The summed E-state index contributed by atoms with van der Waals surface area (Å²) in [7, 11) is -0.495. The number of amides is 2. The van der Waals surface area contributed by atoms with Crippen molar-refractivity contribution in [2.24, 2.45) is 0 Å². The van der Waals surface area contributed by atoms with Crippen molar-refractivity contribution in [2.75, 3.05) is 13.1 Å². The molecule has 3 heterocycles. The van der Waals surface area contributed by atoms with Crippen LogP contribution >= 0.6 is 11.8 Å². The van der Waals surface area contributed by atoms with Gasteiger partial charge in [-0.2, -0.15) is 0 Å². The molecule has 0 spiro atoms. The Balaban J connectivity index is 1.54. The van der Waals surface area contributed by atoms with Crippen molar-refractivity contribution in [2.45, 2.75) is 101 Å². The quantitative estimate of drug-likeness (QED) is 0.495. The van der Waals surface area contributed by atoms with Gasteiger partial charge in [-0.1, -0.05) is 11.8 Å². The summed E-state index contributed by atoms with van der Waals surface area (Å²) in [4.78, 5) is 35.7. The molecular formula is C23H37BN4O5S. The van der Waals surface area contributed by atoms with Gasteiger partial charge in [0.15, 0.2) is 5.16 Å². The highest BCUT2D eigenvalue weighted by atomic mass is 32.2. The van der Waals surface area contributed by atoms with Crippen LogP contribution in [0, 0.1) is 0 Å². The number of alkyl carbamates (subject to hydrolysis) is 1. The van der Waals surface area contributed by atoms with Crippen molar-refractivity contribution in [1.82, 2.24) is 20.2 Å². The van der Waals surface area contributed by atoms with Gasteiger partial charge in [0.25, 0.3) is 0 Å². The number of hydrogen-bond donors (Lipinski definition) is 1. The van der Waals surface area contributed by atoms with E-state index in [9.17, 15) is 9.59 Å². The minimum Gasteiger partial charge on any atom is -0.444 e. The first kappa shape index (κ1) is 26.8. The van der Waals surface area contributed by atoms with E-state index in [1.54, 1.807) is 56.8 Å². The van der Waals surface area contributed by atoms with E-state index in [-0.39, 0.29) is 11.2 Å². The summed E-state index contributed by atoms with van der Waals surface area (Å²) < 4.78 is 17.4. The molecule has 3 rings (SSSR count). The standard InChI is InChI=1S/C23H37BN4O5S/c1-15(27-20(30)31-21(2,3)4)18(29)28-11-9-10-17(14-28)34-19-25-12-16(13-26-19)24-32-22(5,6)23(7,8)33-24/h12-13,15,17H,9-11,14H2,1-8H3,(H,27,30)/t15-,17+/m1/s1. The van der Waals surface area contributed by atoms with Crippen LogP contribution < -0.4 is 10.8 Å². The number of likely N-dealkylation sites (tertiary alicyclic amines) is 1. The van der Waals surface area contributed by atoms with Crippen LogP contribution in [0.25, 0.3) is 0 Å². The average molecular weight is 492 g/mol. The van der Waals surface area contributed by atoms with Gasteiger partial charge in [0.1, 0.15) is 11.6 Å². The average Bonchev–Trinajstić information content (AvgIpc) is 2.93. The highest BCUT2D eigenvalue weighted by Gasteiger charge is 2.52. The third kappa shape index (κ3) is 6.63. The van der Waals surface area contributed by atoms with Gasteiger partial charge < -0.3 is 24.3 Å². The number of ether oxygens (including phenoxy) is 1. The normalized spacial score (nSPS) is 22.9. The monoisotopic (exact) mass is 492 g/mol. The van der Waals surface area contributed by atoms with Gasteiger partial charge in [-0.05, 0) is 68.2 Å². The van der Waals surface area contributed by atoms with Crippen LogP contribution in [0.2, 0.25) is 0 Å². The first-order valence-corrected chi connectivity index (χ1v) is 12.7. The predicted octanol–water partition coefficient (Wildman–Crippen LogP) is 2.77. The van der Waals surface area contributed by atoms with Crippen LogP contribution in [0.1, 0.15) is 68.2 Å². The minimum atomic E-state index is -0.658. The van der Waals surface area contributed by atoms with E-state index < -0.39 is 36.1 Å². The summed E-state index contributed by atoms with van der Waals surface area (Å²) >= 11 is 1.56. The summed E-state index contributed by atoms with van der Waals surface area (Å²) in [6.45, 7) is 16.3. The molecule has 34 heavy (non-hydrogen) atoms. The Bertz CT molecular complexity index is 874. The van der Waals surface area contributed by atoms with Crippen LogP contribution in [0.4, 0.5) is 4.79 Å². The molecule has 2 atom stereocenters. The fraction of sp³-hybridized carbons (Fsp3) is 0.739. The number of nitrogens with zero attached hydrogens (tertiary/aromatic N) is 3. The van der Waals surface area contributed by atoms with Crippen molar-refractivity contribution in [3.63, 3.8) is 0 Å². The molecule has 2 amide bonds. The molecule has 0 radical (unpaired) electrons. The molecule has 2 aliphatic rings. The maximum absolute atomic E-state index is 12.9. The molecule has 0 bridgehead atoms. The second-order valence-electron chi connectivity index (χ2n) is 10.9. The Morgan fingerprint density at radius 1 is 1.21 bits per heavy atom. The number of nitrogens with one attached hydrogen (secondary N) is 1. The van der Waals surface area contributed by atoms with Crippen LogP contribution in [0.15, 0.2) is 17.6 Å². The van der Waals surface area contributed by atoms with Gasteiger partial charge in [0.05, 0.1) is 11.2 Å². The van der Waals surface area contributed by atoms with E-state index in [2.05, 4.69) is 15.3 Å². The highest BCUT2D eigenvalue weighted by molar-refractivity contribution is 7.99. The molecular weight excluding hydrogens is 455 g/mol. The summed E-state index contributed by atoms with van der Waals surface area (Å²) in [5.74, 6) is -0.117. The maximum atomic E-state index is 12.9. The minimum absolute atomic E-state index is 0.117. The van der Waals surface area contributed by atoms with Gasteiger partial charge in [0, 0.05) is 36.2 Å². The van der Waals surface area contributed by atoms with E-state index in [1.807, 2.05) is 27.7 Å². The second kappa shape index (κ2) is 10.0. The van der Waals surface area contributed by atoms with Crippen molar-refractivity contribution in [3.05, 3.63) is 12.4 Å². The molecule has 9 nitrogen and oxygen atoms in total. The van der Waals surface area contributed by atoms with Crippen molar-refractivity contribution in [1.29, 1.82) is 0 Å². The first-order chi connectivity index (χ1) is 15.7. The molecule has 11 heteroatoms. The summed E-state index contributed by atoms with van der Waals surface area (Å²) in [6.07, 6.45) is 4.75. The molecule has 2 fully saturated rings. The largest absolute Gasteiger partial charge is 0.498 e. The van der Waals surface area contributed by atoms with Crippen LogP contribution in [0.3, 0.4) is 0 Å². The fourth-order valence-corrected chi connectivity index (χ4v) is 4.76. The number of aromatic nitrogens is 2. The lowest BCUT2D eigenvalue weighted by molar-refractivity contribution is -0.133. The van der Waals surface area contributed by atoms with Crippen molar-refractivity contribution < 1.29 is 23.6 Å². The Kier molecular flexibility index (Phi) is 7.89. The summed E-state index contributed by atoms with van der Waals surface area (Å²) in [5, 5.41) is 3.46. The third-order valence-electron chi connectivity index (χ3n) is 6.24. The molecule has 1 N–H and O–H groups in total. The second-order valence-corrected chi connectivity index (χ2v) is 12.2. The third-order valence-corrected chi connectivity index (χ3v) is 7.38. The van der Waals surface area contributed by atoms with Gasteiger partial charge in [-0.25, -0.2) is 14.8 Å². The zero-order chi connectivity index (χ0) is 25.3. The molecule has 2 saturated heterocycles. The molecule has 1 aromatic heterocycles. The first-order valence-electron chi connectivity index (χ1n) is 11.8. The van der Waals surface area contributed by atoms with E-state index in [1.165, 1.54) is 0 Å². The number of rotatable bonds is 5. The molecule has 188 valence electrons. The van der Waals surface area contributed by atoms with E-state index in [0.29, 0.717) is 18.2 Å². The molecule has 1 aromatic rings. The summed E-state index contributed by atoms with van der Waals surface area (Å²) in [5.41, 5.74) is -0.667. The Morgan fingerprint density at radius 2 is 1.79 bits per heavy atom. The van der Waals surface area contributed by atoms with E-state index in [0.717, 1.165) is 18.3 Å². The zero-order valence-corrected chi connectivity index (χ0v) is 22.3. The number of carbonyl (C=O) groups excluding carboxylic acids is 2. The molecule has 0 unspecified atom stereocenters. The fourth-order valence-electron chi connectivity index (χ4n) is 3.69. The topological polar surface area (TPSA) is 103 Å². The highest BCUT2D eigenvalue weighted by Crippen LogP contribution is 2.36. The zero-order valence-electron chi connectivity index (χ0n) is 21.5. The molecule has 2 aliphatic heterocycles. The van der Waals surface area contributed by atoms with Crippen LogP contribution in [0.5, 0.6) is 0 Å². The number of carbonyl (C=O) groups is 2. The van der Waals surface area contributed by atoms with Gasteiger partial charge in [0.2, 0.25) is 5.91 Å². The van der Waals surface area contributed by atoms with Gasteiger partial charge in [-0.3, -0.25) is 4.79 Å². The number of thioether (sulfide) groups is 1. The molecule has 0 aromatic carbocycles. The van der Waals surface area contributed by atoms with E-state index in [4.69, 9.17) is 14.0 Å². The lowest BCUT2D eigenvalue weighted by Gasteiger charge is -2.34. The van der Waals surface area contributed by atoms with E-state index >= 15 is 0 Å². The SMILES string of the molecule is C[C@@H](NC(=O)OC(C)(C)C)C(=O)N1CCC[C@H](Sc2ncc(B3OC(C)(C)C(C)(C)O3)cn2)C1. The molecule has 0 saturated carbocycles. The summed E-state index contributed by atoms with van der Waals surface area (Å²) in [6, 6.07) is -0.658. The van der Waals surface area contributed by atoms with Crippen molar-refractivity contribution in [3.8, 4) is 0 Å². The lowest BCUT2D eigenvalue weighted by atomic mass is 9.81. The molecule has 0 aliphatic carbocycles. The van der Waals surface area contributed by atoms with Gasteiger partial charge in [-0.15, -0.1) is 0 Å². The number of piperidine rings is 1. The Hall–Kier alpha value is -1.85. The number of hydrogen-bond acceptors (Lipinski definition) is 8. The van der Waals surface area contributed by atoms with Gasteiger partial charge >= 0.3 is 13.2 Å². The Labute approximate surface area is 207 Å². The van der Waals surface area contributed by atoms with Crippen LogP contribution in [-0.4, -0.2) is 75.2 Å².